The summed E-state index contributed by atoms with van der Waals surface area (Å²) in [7, 11) is 2.03. The predicted molar refractivity (Wildman–Crippen MR) is 103 cm³/mol. The van der Waals surface area contributed by atoms with Gasteiger partial charge in [0.2, 0.25) is 0 Å². The Bertz CT molecular complexity index is 890. The van der Waals surface area contributed by atoms with Gasteiger partial charge in [0.05, 0.1) is 11.6 Å². The zero-order valence-corrected chi connectivity index (χ0v) is 17.0. The van der Waals surface area contributed by atoms with Crippen LogP contribution in [-0.4, -0.2) is 68.9 Å². The van der Waals surface area contributed by atoms with Crippen molar-refractivity contribution in [2.24, 2.45) is 0 Å². The highest BCUT2D eigenvalue weighted by molar-refractivity contribution is 8.00. The largest absolute Gasteiger partial charge is 0.416 e. The van der Waals surface area contributed by atoms with Gasteiger partial charge in [-0.15, -0.1) is 5.10 Å². The van der Waals surface area contributed by atoms with Gasteiger partial charge in [0.1, 0.15) is 5.25 Å². The lowest BCUT2D eigenvalue weighted by Crippen LogP contribution is -2.49. The zero-order chi connectivity index (χ0) is 20.8. The van der Waals surface area contributed by atoms with Crippen LogP contribution in [0.2, 0.25) is 0 Å². The average Bonchev–Trinajstić information content (AvgIpc) is 3.23. The van der Waals surface area contributed by atoms with E-state index in [1.54, 1.807) is 0 Å². The molecule has 2 aliphatic heterocycles. The maximum atomic E-state index is 13.1. The van der Waals surface area contributed by atoms with Gasteiger partial charge < -0.3 is 4.90 Å². The fourth-order valence-corrected chi connectivity index (χ4v) is 5.01. The summed E-state index contributed by atoms with van der Waals surface area (Å²) in [5.41, 5.74) is 0.0147. The lowest BCUT2D eigenvalue weighted by atomic mass is 9.98. The highest BCUT2D eigenvalue weighted by Gasteiger charge is 2.43. The molecule has 1 aromatic carbocycles. The summed E-state index contributed by atoms with van der Waals surface area (Å²) in [6, 6.07) is 4.83. The van der Waals surface area contributed by atoms with E-state index in [2.05, 4.69) is 19.9 Å². The molecule has 0 bridgehead atoms. The van der Waals surface area contributed by atoms with Crippen molar-refractivity contribution in [1.82, 2.24) is 24.6 Å². The summed E-state index contributed by atoms with van der Waals surface area (Å²) in [5.74, 6) is 0.450. The number of fused-ring (bicyclic) bond motifs is 1. The Kier molecular flexibility index (Phi) is 5.43. The normalized spacial score (nSPS) is 22.1. The minimum absolute atomic E-state index is 0.166. The van der Waals surface area contributed by atoms with E-state index in [4.69, 9.17) is 0 Å². The fraction of sp³-hybridized carbons (Fsp3) is 0.526. The van der Waals surface area contributed by atoms with Crippen molar-refractivity contribution in [2.45, 2.75) is 36.0 Å². The maximum absolute atomic E-state index is 13.1. The minimum Gasteiger partial charge on any atom is -0.304 e. The minimum atomic E-state index is -4.39. The summed E-state index contributed by atoms with van der Waals surface area (Å²) in [4.78, 5) is 21.9. The molecule has 156 valence electrons. The van der Waals surface area contributed by atoms with Gasteiger partial charge in [0.15, 0.2) is 11.0 Å². The molecule has 1 aromatic heterocycles. The van der Waals surface area contributed by atoms with Crippen LogP contribution in [0.25, 0.3) is 0 Å². The Morgan fingerprint density at radius 2 is 1.83 bits per heavy atom. The van der Waals surface area contributed by atoms with E-state index in [0.717, 1.165) is 38.3 Å². The summed E-state index contributed by atoms with van der Waals surface area (Å²) in [5, 5.41) is 4.35. The Balaban J connectivity index is 1.66. The van der Waals surface area contributed by atoms with Gasteiger partial charge in [-0.1, -0.05) is 30.8 Å². The van der Waals surface area contributed by atoms with E-state index in [0.29, 0.717) is 23.0 Å². The molecular weight excluding hydrogens is 403 g/mol. The molecule has 10 heteroatoms. The molecule has 2 atom stereocenters. The number of aryl methyl sites for hydroxylation is 1. The predicted octanol–water partition coefficient (Wildman–Crippen LogP) is 2.96. The van der Waals surface area contributed by atoms with Gasteiger partial charge in [0.25, 0.3) is 5.91 Å². The molecular formula is C19H22F3N5OS. The van der Waals surface area contributed by atoms with Crippen LogP contribution in [0, 0.1) is 0 Å². The number of thioether (sulfide) groups is 1. The monoisotopic (exact) mass is 425 g/mol. The molecule has 0 spiro atoms. The lowest BCUT2D eigenvalue weighted by molar-refractivity contribution is -0.137. The zero-order valence-electron chi connectivity index (χ0n) is 16.2. The first kappa shape index (κ1) is 20.4. The molecule has 2 aromatic rings. The van der Waals surface area contributed by atoms with Crippen LogP contribution >= 0.6 is 11.8 Å². The molecule has 0 amide bonds. The standard InChI is InChI=1S/C19H22F3N5OS/c1-3-14-23-18-27(24-14)17(28)16(29-18)15(26-10-8-25(2)9-11-26)12-4-6-13(7-5-12)19(20,21)22/h4-7,15-16H,3,8-11H2,1-2H3. The van der Waals surface area contributed by atoms with E-state index < -0.39 is 17.0 Å². The molecule has 0 radical (unpaired) electrons. The molecule has 0 aliphatic carbocycles. The summed E-state index contributed by atoms with van der Waals surface area (Å²) in [6.45, 7) is 5.08. The van der Waals surface area contributed by atoms with Crippen molar-refractivity contribution in [3.63, 3.8) is 0 Å². The topological polar surface area (TPSA) is 54.3 Å². The molecule has 1 fully saturated rings. The maximum Gasteiger partial charge on any atom is 0.416 e. The summed E-state index contributed by atoms with van der Waals surface area (Å²) < 4.78 is 40.3. The van der Waals surface area contributed by atoms with Gasteiger partial charge in [-0.05, 0) is 24.7 Å². The van der Waals surface area contributed by atoms with Crippen LogP contribution in [0.3, 0.4) is 0 Å². The Labute approximate surface area is 171 Å². The molecule has 2 unspecified atom stereocenters. The van der Waals surface area contributed by atoms with E-state index in [1.807, 2.05) is 14.0 Å². The second-order valence-electron chi connectivity index (χ2n) is 7.36. The first-order valence-electron chi connectivity index (χ1n) is 9.54. The van der Waals surface area contributed by atoms with Gasteiger partial charge in [0, 0.05) is 32.6 Å². The van der Waals surface area contributed by atoms with Gasteiger partial charge in [-0.2, -0.15) is 17.9 Å². The number of hydrogen-bond acceptors (Lipinski definition) is 6. The number of hydrogen-bond donors (Lipinski definition) is 0. The number of alkyl halides is 3. The molecule has 29 heavy (non-hydrogen) atoms. The first-order chi connectivity index (χ1) is 13.8. The van der Waals surface area contributed by atoms with Crippen molar-refractivity contribution >= 4 is 17.7 Å². The average molecular weight is 425 g/mol. The van der Waals surface area contributed by atoms with E-state index in [9.17, 15) is 18.0 Å². The first-order valence-corrected chi connectivity index (χ1v) is 10.4. The van der Waals surface area contributed by atoms with Crippen LogP contribution < -0.4 is 0 Å². The van der Waals surface area contributed by atoms with Crippen LogP contribution in [0.1, 0.15) is 34.7 Å². The van der Waals surface area contributed by atoms with Crippen LogP contribution in [0.5, 0.6) is 0 Å². The van der Waals surface area contributed by atoms with Crippen LogP contribution in [-0.2, 0) is 12.6 Å². The smallest absolute Gasteiger partial charge is 0.304 e. The van der Waals surface area contributed by atoms with Crippen LogP contribution in [0.4, 0.5) is 13.2 Å². The quantitative estimate of drug-likeness (QED) is 0.751. The molecule has 1 saturated heterocycles. The summed E-state index contributed by atoms with van der Waals surface area (Å²) in [6.07, 6.45) is -3.75. The van der Waals surface area contributed by atoms with Gasteiger partial charge in [-0.25, -0.2) is 4.98 Å². The number of halogens is 3. The number of likely N-dealkylation sites (N-methyl/N-ethyl adjacent to an activating group) is 1. The van der Waals surface area contributed by atoms with Crippen LogP contribution in [0.15, 0.2) is 29.4 Å². The summed E-state index contributed by atoms with van der Waals surface area (Å²) >= 11 is 1.35. The Morgan fingerprint density at radius 3 is 2.38 bits per heavy atom. The second-order valence-corrected chi connectivity index (χ2v) is 8.47. The van der Waals surface area contributed by atoms with E-state index in [-0.39, 0.29) is 11.9 Å². The molecule has 0 saturated carbocycles. The van der Waals surface area contributed by atoms with Crippen molar-refractivity contribution < 1.29 is 18.0 Å². The lowest BCUT2D eigenvalue weighted by Gasteiger charge is -2.39. The number of aromatic nitrogens is 3. The van der Waals surface area contributed by atoms with Crippen molar-refractivity contribution in [1.29, 1.82) is 0 Å². The molecule has 3 heterocycles. The van der Waals surface area contributed by atoms with Gasteiger partial charge in [-0.3, -0.25) is 9.69 Å². The SMILES string of the molecule is CCc1nc2n(n1)C(=O)C(C(c1ccc(C(F)(F)F)cc1)N1CCN(C)CC1)S2. The van der Waals surface area contributed by atoms with Gasteiger partial charge >= 0.3 is 6.18 Å². The number of carbonyl (C=O) groups excluding carboxylic acids is 1. The number of rotatable bonds is 4. The molecule has 2 aliphatic rings. The molecule has 4 rings (SSSR count). The third-order valence-electron chi connectivity index (χ3n) is 5.42. The Hall–Kier alpha value is -1.91. The Morgan fingerprint density at radius 1 is 1.17 bits per heavy atom. The number of piperazine rings is 1. The van der Waals surface area contributed by atoms with Crippen molar-refractivity contribution in [3.05, 3.63) is 41.2 Å². The number of nitrogens with zero attached hydrogens (tertiary/aromatic N) is 5. The second kappa shape index (κ2) is 7.73. The third-order valence-corrected chi connectivity index (χ3v) is 6.61. The number of benzene rings is 1. The number of carbonyl (C=O) groups is 1. The van der Waals surface area contributed by atoms with E-state index in [1.165, 1.54) is 28.6 Å². The molecule has 0 N–H and O–H groups in total. The third kappa shape index (κ3) is 3.93. The highest BCUT2D eigenvalue weighted by atomic mass is 32.2. The fourth-order valence-electron chi connectivity index (χ4n) is 3.74. The van der Waals surface area contributed by atoms with Crippen molar-refractivity contribution in [2.75, 3.05) is 33.2 Å². The van der Waals surface area contributed by atoms with E-state index >= 15 is 0 Å². The molecule has 6 nitrogen and oxygen atoms in total. The highest BCUT2D eigenvalue weighted by Crippen LogP contribution is 2.41. The van der Waals surface area contributed by atoms with Crippen molar-refractivity contribution in [3.8, 4) is 0 Å².